The van der Waals surface area contributed by atoms with Gasteiger partial charge in [-0.05, 0) is 19.3 Å². The van der Waals surface area contributed by atoms with E-state index in [1.807, 2.05) is 13.8 Å². The molecular formula is C8H19NOS. The predicted octanol–water partition coefficient (Wildman–Crippen LogP) is 1.82. The third-order valence-electron chi connectivity index (χ3n) is 1.50. The number of hydrogen-bond donors (Lipinski definition) is 1. The maximum atomic E-state index is 11.0. The smallest absolute Gasteiger partial charge is 0.139 e. The first-order valence-corrected chi connectivity index (χ1v) is 5.03. The molecule has 0 aliphatic heterocycles. The Kier molecular flexibility index (Phi) is 3.42. The molecule has 0 saturated heterocycles. The molecule has 0 saturated carbocycles. The van der Waals surface area contributed by atoms with Gasteiger partial charge in [0.2, 0.25) is 0 Å². The van der Waals surface area contributed by atoms with E-state index < -0.39 is 11.4 Å². The summed E-state index contributed by atoms with van der Waals surface area (Å²) in [5.41, 5.74) is 0.193. The molecule has 11 heavy (non-hydrogen) atoms. The van der Waals surface area contributed by atoms with Crippen LogP contribution in [0.4, 0.5) is 0 Å². The minimum absolute atomic E-state index is 0.193. The minimum Gasteiger partial charge on any atom is -0.598 e. The van der Waals surface area contributed by atoms with Gasteiger partial charge in [-0.15, -0.1) is 0 Å². The Morgan fingerprint density at radius 3 is 1.64 bits per heavy atom. The average Bonchev–Trinajstić information content (AvgIpc) is 1.56. The number of rotatable bonds is 2. The molecule has 68 valence electrons. The van der Waals surface area contributed by atoms with E-state index in [2.05, 4.69) is 20.8 Å². The lowest BCUT2D eigenvalue weighted by Gasteiger charge is -2.31. The normalized spacial score (nSPS) is 16.6. The molecule has 1 atom stereocenters. The Hall–Kier alpha value is 0.270. The van der Waals surface area contributed by atoms with Gasteiger partial charge >= 0.3 is 0 Å². The summed E-state index contributed by atoms with van der Waals surface area (Å²) in [4.78, 5) is 0. The van der Waals surface area contributed by atoms with E-state index in [1.54, 1.807) is 0 Å². The molecule has 0 aliphatic carbocycles. The molecule has 0 aliphatic rings. The van der Waals surface area contributed by atoms with Gasteiger partial charge in [0.1, 0.15) is 4.75 Å². The van der Waals surface area contributed by atoms with Gasteiger partial charge in [0.05, 0.1) is 0 Å². The van der Waals surface area contributed by atoms with E-state index >= 15 is 0 Å². The fourth-order valence-electron chi connectivity index (χ4n) is 1.35. The van der Waals surface area contributed by atoms with Crippen LogP contribution in [0.1, 0.15) is 41.0 Å². The van der Waals surface area contributed by atoms with Gasteiger partial charge in [-0.2, -0.15) is 5.14 Å². The van der Waals surface area contributed by atoms with Crippen LogP contribution in [0.2, 0.25) is 0 Å². The van der Waals surface area contributed by atoms with E-state index in [4.69, 9.17) is 5.14 Å². The lowest BCUT2D eigenvalue weighted by Crippen LogP contribution is -2.40. The Morgan fingerprint density at radius 1 is 1.18 bits per heavy atom. The number of nitrogens with two attached hydrogens (primary N) is 1. The van der Waals surface area contributed by atoms with Crippen LogP contribution >= 0.6 is 0 Å². The Bertz CT molecular complexity index is 127. The lowest BCUT2D eigenvalue weighted by molar-refractivity contribution is 0.329. The fourth-order valence-corrected chi connectivity index (χ4v) is 1.92. The Morgan fingerprint density at radius 2 is 1.55 bits per heavy atom. The molecule has 1 unspecified atom stereocenters. The molecule has 0 aromatic rings. The molecule has 2 N–H and O–H groups in total. The van der Waals surface area contributed by atoms with E-state index in [0.29, 0.717) is 0 Å². The van der Waals surface area contributed by atoms with Gasteiger partial charge in [0.25, 0.3) is 0 Å². The van der Waals surface area contributed by atoms with Crippen molar-refractivity contribution >= 4 is 11.4 Å². The van der Waals surface area contributed by atoms with Crippen molar-refractivity contribution in [2.75, 3.05) is 0 Å². The molecule has 0 rings (SSSR count). The molecule has 3 heteroatoms. The third-order valence-corrected chi connectivity index (χ3v) is 2.73. The highest BCUT2D eigenvalue weighted by atomic mass is 32.2. The average molecular weight is 177 g/mol. The van der Waals surface area contributed by atoms with Crippen LogP contribution in [0.15, 0.2) is 0 Å². The van der Waals surface area contributed by atoms with Crippen molar-refractivity contribution in [2.24, 2.45) is 10.6 Å². The first-order chi connectivity index (χ1) is 4.65. The molecule has 0 fully saturated rings. The minimum atomic E-state index is -1.22. The maximum absolute atomic E-state index is 11.0. The van der Waals surface area contributed by atoms with E-state index in [9.17, 15) is 4.55 Å². The highest BCUT2D eigenvalue weighted by Gasteiger charge is 2.34. The lowest BCUT2D eigenvalue weighted by atomic mass is 9.86. The monoisotopic (exact) mass is 177 g/mol. The summed E-state index contributed by atoms with van der Waals surface area (Å²) in [6, 6.07) is 0. The van der Waals surface area contributed by atoms with Gasteiger partial charge in [0, 0.05) is 17.8 Å². The van der Waals surface area contributed by atoms with Gasteiger partial charge in [-0.1, -0.05) is 20.8 Å². The van der Waals surface area contributed by atoms with Gasteiger partial charge in [0.15, 0.2) is 0 Å². The highest BCUT2D eigenvalue weighted by molar-refractivity contribution is 7.90. The van der Waals surface area contributed by atoms with Crippen molar-refractivity contribution in [3.63, 3.8) is 0 Å². The zero-order valence-electron chi connectivity index (χ0n) is 8.10. The molecule has 0 spiro atoms. The van der Waals surface area contributed by atoms with E-state index in [1.165, 1.54) is 0 Å². The van der Waals surface area contributed by atoms with Crippen LogP contribution < -0.4 is 5.14 Å². The predicted molar refractivity (Wildman–Crippen MR) is 50.5 cm³/mol. The Labute approximate surface area is 72.9 Å². The van der Waals surface area contributed by atoms with Gasteiger partial charge in [-0.25, -0.2) is 0 Å². The topological polar surface area (TPSA) is 49.1 Å². The van der Waals surface area contributed by atoms with Crippen molar-refractivity contribution in [1.82, 2.24) is 0 Å². The molecule has 0 aromatic heterocycles. The summed E-state index contributed by atoms with van der Waals surface area (Å²) in [5, 5.41) is 5.35. The van der Waals surface area contributed by atoms with Crippen molar-refractivity contribution in [3.05, 3.63) is 0 Å². The second-order valence-corrected chi connectivity index (χ2v) is 6.49. The van der Waals surface area contributed by atoms with Crippen LogP contribution in [0, 0.1) is 5.41 Å². The van der Waals surface area contributed by atoms with Crippen LogP contribution in [0.5, 0.6) is 0 Å². The van der Waals surface area contributed by atoms with E-state index in [-0.39, 0.29) is 10.2 Å². The summed E-state index contributed by atoms with van der Waals surface area (Å²) >= 11 is -1.22. The summed E-state index contributed by atoms with van der Waals surface area (Å²) in [7, 11) is 0. The van der Waals surface area contributed by atoms with Gasteiger partial charge < -0.3 is 4.55 Å². The van der Waals surface area contributed by atoms with Crippen molar-refractivity contribution < 1.29 is 4.55 Å². The second-order valence-electron chi connectivity index (χ2n) is 4.79. The van der Waals surface area contributed by atoms with Crippen LogP contribution in [0.3, 0.4) is 0 Å². The summed E-state index contributed by atoms with van der Waals surface area (Å²) in [6.45, 7) is 10.3. The SMILES string of the molecule is CC(C)(C)CC(C)(C)[S+](N)[O-]. The second kappa shape index (κ2) is 3.33. The van der Waals surface area contributed by atoms with Crippen LogP contribution in [-0.2, 0) is 11.4 Å². The molecular weight excluding hydrogens is 158 g/mol. The van der Waals surface area contributed by atoms with E-state index in [0.717, 1.165) is 6.42 Å². The maximum Gasteiger partial charge on any atom is 0.139 e. The molecule has 0 aromatic carbocycles. The fraction of sp³-hybridized carbons (Fsp3) is 1.00. The van der Waals surface area contributed by atoms with Gasteiger partial charge in [-0.3, -0.25) is 0 Å². The third kappa shape index (κ3) is 4.67. The summed E-state index contributed by atoms with van der Waals surface area (Å²) < 4.78 is 10.8. The zero-order chi connectivity index (χ0) is 9.28. The quantitative estimate of drug-likeness (QED) is 0.654. The van der Waals surface area contributed by atoms with Crippen LogP contribution in [0.25, 0.3) is 0 Å². The number of hydrogen-bond acceptors (Lipinski definition) is 2. The van der Waals surface area contributed by atoms with Crippen LogP contribution in [-0.4, -0.2) is 9.30 Å². The van der Waals surface area contributed by atoms with Crippen molar-refractivity contribution in [3.8, 4) is 0 Å². The molecule has 2 nitrogen and oxygen atoms in total. The Balaban J connectivity index is 4.13. The first-order valence-electron chi connectivity index (χ1n) is 3.81. The standard InChI is InChI=1S/C8H19NOS/c1-7(2,3)6-8(4,5)11(9)10/h6,9H2,1-5H3. The molecule has 0 heterocycles. The molecule has 0 radical (unpaired) electrons. The first kappa shape index (κ1) is 11.3. The largest absolute Gasteiger partial charge is 0.598 e. The van der Waals surface area contributed by atoms with Crippen molar-refractivity contribution in [2.45, 2.75) is 45.8 Å². The zero-order valence-corrected chi connectivity index (χ0v) is 8.92. The summed E-state index contributed by atoms with van der Waals surface area (Å²) in [6.07, 6.45) is 0.878. The summed E-state index contributed by atoms with van der Waals surface area (Å²) in [5.74, 6) is 0. The molecule has 0 bridgehead atoms. The van der Waals surface area contributed by atoms with Crippen molar-refractivity contribution in [1.29, 1.82) is 0 Å². The molecule has 0 amide bonds. The highest BCUT2D eigenvalue weighted by Crippen LogP contribution is 2.30.